The highest BCUT2D eigenvalue weighted by Crippen LogP contribution is 2.50. The third-order valence-corrected chi connectivity index (χ3v) is 5.38. The van der Waals surface area contributed by atoms with Crippen LogP contribution in [-0.4, -0.2) is 27.3 Å². The summed E-state index contributed by atoms with van der Waals surface area (Å²) in [6, 6.07) is 8.49. The maximum absolute atomic E-state index is 12.7. The topological polar surface area (TPSA) is 82.5 Å². The Morgan fingerprint density at radius 3 is 2.83 bits per heavy atom. The molecule has 0 spiro atoms. The minimum absolute atomic E-state index is 0.317. The Balaban J connectivity index is 1.90. The van der Waals surface area contributed by atoms with E-state index in [1.54, 1.807) is 17.2 Å². The smallest absolute Gasteiger partial charge is 0.327 e. The van der Waals surface area contributed by atoms with Gasteiger partial charge in [0.05, 0.1) is 17.4 Å². The first-order chi connectivity index (χ1) is 11.1. The van der Waals surface area contributed by atoms with Crippen LogP contribution in [0.15, 0.2) is 41.6 Å². The highest BCUT2D eigenvalue weighted by molar-refractivity contribution is 8.00. The summed E-state index contributed by atoms with van der Waals surface area (Å²) in [5, 5.41) is 12.1. The lowest BCUT2D eigenvalue weighted by molar-refractivity contribution is -0.136. The number of aliphatic carboxylic acids is 1. The van der Waals surface area contributed by atoms with Crippen LogP contribution in [0.2, 0.25) is 0 Å². The minimum Gasteiger partial charge on any atom is -0.480 e. The second kappa shape index (κ2) is 4.99. The normalized spacial score (nSPS) is 21.8. The summed E-state index contributed by atoms with van der Waals surface area (Å²) < 4.78 is 0. The number of aryl methyl sites for hydroxylation is 1. The van der Waals surface area contributed by atoms with E-state index in [2.05, 4.69) is 10.3 Å². The standard InChI is InChI=1S/C16H13N3O3S/c1-8-4-2-3-5-9(8)19-10-6-7-17-14-11(10)12(18-16(19)22)13(23-14)15(20)21/h2-7,12-13H,1H3,(H,18,22)(H,20,21). The van der Waals surface area contributed by atoms with Gasteiger partial charge in [0.2, 0.25) is 0 Å². The molecule has 4 rings (SSSR count). The van der Waals surface area contributed by atoms with Crippen LogP contribution in [0.4, 0.5) is 16.2 Å². The molecule has 2 atom stereocenters. The number of benzene rings is 1. The molecule has 0 radical (unpaired) electrons. The molecule has 1 aromatic carbocycles. The van der Waals surface area contributed by atoms with Crippen LogP contribution in [0, 0.1) is 6.92 Å². The first-order valence-corrected chi connectivity index (χ1v) is 8.00. The predicted octanol–water partition coefficient (Wildman–Crippen LogP) is 2.85. The van der Waals surface area contributed by atoms with E-state index in [1.165, 1.54) is 11.8 Å². The average molecular weight is 327 g/mol. The zero-order chi connectivity index (χ0) is 16.1. The fourth-order valence-electron chi connectivity index (χ4n) is 3.07. The molecule has 0 saturated heterocycles. The van der Waals surface area contributed by atoms with Crippen molar-refractivity contribution in [3.63, 3.8) is 0 Å². The number of amides is 2. The van der Waals surface area contributed by atoms with Gasteiger partial charge in [0.15, 0.2) is 0 Å². The van der Waals surface area contributed by atoms with Crippen molar-refractivity contribution in [1.29, 1.82) is 0 Å². The largest absolute Gasteiger partial charge is 0.480 e. The Morgan fingerprint density at radius 1 is 1.30 bits per heavy atom. The van der Waals surface area contributed by atoms with Crippen molar-refractivity contribution in [3.05, 3.63) is 47.7 Å². The number of para-hydroxylation sites is 1. The highest BCUT2D eigenvalue weighted by atomic mass is 32.2. The van der Waals surface area contributed by atoms with Crippen LogP contribution in [0.1, 0.15) is 17.2 Å². The molecule has 23 heavy (non-hydrogen) atoms. The molecule has 3 heterocycles. The van der Waals surface area contributed by atoms with Crippen molar-refractivity contribution < 1.29 is 14.7 Å². The van der Waals surface area contributed by atoms with E-state index in [-0.39, 0.29) is 6.03 Å². The van der Waals surface area contributed by atoms with Gasteiger partial charge in [-0.1, -0.05) is 30.0 Å². The number of nitrogens with one attached hydrogen (secondary N) is 1. The number of carbonyl (C=O) groups excluding carboxylic acids is 1. The second-order valence-corrected chi connectivity index (χ2v) is 6.60. The SMILES string of the molecule is Cc1ccccc1N1C(=O)NC2c3c1ccnc3SC2C(=O)O. The number of hydrogen-bond donors (Lipinski definition) is 2. The third kappa shape index (κ3) is 2.00. The lowest BCUT2D eigenvalue weighted by Crippen LogP contribution is -2.47. The molecule has 6 nitrogen and oxygen atoms in total. The number of rotatable bonds is 2. The molecule has 2 N–H and O–H groups in total. The zero-order valence-corrected chi connectivity index (χ0v) is 13.0. The molecule has 0 fully saturated rings. The molecule has 2 amide bonds. The number of carboxylic acids is 1. The Kier molecular flexibility index (Phi) is 3.05. The highest BCUT2D eigenvalue weighted by Gasteiger charge is 2.46. The van der Waals surface area contributed by atoms with E-state index < -0.39 is 17.3 Å². The van der Waals surface area contributed by atoms with Crippen molar-refractivity contribution in [2.24, 2.45) is 0 Å². The molecular formula is C16H13N3O3S. The number of anilines is 2. The predicted molar refractivity (Wildman–Crippen MR) is 86.1 cm³/mol. The second-order valence-electron chi connectivity index (χ2n) is 5.47. The number of pyridine rings is 1. The summed E-state index contributed by atoms with van der Waals surface area (Å²) in [5.74, 6) is -0.950. The number of urea groups is 1. The molecule has 0 saturated carbocycles. The number of carboxylic acid groups (broad SMARTS) is 1. The van der Waals surface area contributed by atoms with Gasteiger partial charge in [-0.15, -0.1) is 0 Å². The summed E-state index contributed by atoms with van der Waals surface area (Å²) in [4.78, 5) is 30.0. The third-order valence-electron chi connectivity index (χ3n) is 4.11. The fraction of sp³-hybridized carbons (Fsp3) is 0.188. The number of nitrogens with zero attached hydrogens (tertiary/aromatic N) is 2. The number of thioether (sulfide) groups is 1. The molecule has 0 aliphatic carbocycles. The van der Waals surface area contributed by atoms with Crippen molar-refractivity contribution in [2.45, 2.75) is 23.2 Å². The van der Waals surface area contributed by atoms with E-state index in [0.717, 1.165) is 16.8 Å². The van der Waals surface area contributed by atoms with Gasteiger partial charge in [-0.25, -0.2) is 9.78 Å². The van der Waals surface area contributed by atoms with Gasteiger partial charge in [-0.05, 0) is 24.6 Å². The summed E-state index contributed by atoms with van der Waals surface area (Å²) in [5.41, 5.74) is 3.23. The molecule has 0 bridgehead atoms. The Bertz CT molecular complexity index is 839. The van der Waals surface area contributed by atoms with Crippen molar-refractivity contribution in [2.75, 3.05) is 4.90 Å². The van der Waals surface area contributed by atoms with Crippen LogP contribution >= 0.6 is 11.8 Å². The molecule has 2 unspecified atom stereocenters. The lowest BCUT2D eigenvalue weighted by Gasteiger charge is -2.34. The van der Waals surface area contributed by atoms with Crippen molar-refractivity contribution >= 4 is 35.1 Å². The molecule has 116 valence electrons. The van der Waals surface area contributed by atoms with Gasteiger partial charge in [0, 0.05) is 11.8 Å². The van der Waals surface area contributed by atoms with Crippen molar-refractivity contribution in [1.82, 2.24) is 10.3 Å². The number of aromatic nitrogens is 1. The van der Waals surface area contributed by atoms with Crippen LogP contribution < -0.4 is 10.2 Å². The summed E-state index contributed by atoms with van der Waals surface area (Å²) in [6.45, 7) is 1.94. The number of hydrogen-bond acceptors (Lipinski definition) is 4. The molecule has 2 aliphatic heterocycles. The maximum atomic E-state index is 12.7. The first-order valence-electron chi connectivity index (χ1n) is 7.12. The van der Waals surface area contributed by atoms with Crippen LogP contribution in [0.3, 0.4) is 0 Å². The maximum Gasteiger partial charge on any atom is 0.327 e. The van der Waals surface area contributed by atoms with E-state index in [1.807, 2.05) is 31.2 Å². The Morgan fingerprint density at radius 2 is 2.09 bits per heavy atom. The fourth-order valence-corrected chi connectivity index (χ4v) is 4.23. The van der Waals surface area contributed by atoms with Gasteiger partial charge in [-0.2, -0.15) is 0 Å². The van der Waals surface area contributed by atoms with Gasteiger partial charge in [-0.3, -0.25) is 9.69 Å². The molecule has 7 heteroatoms. The summed E-state index contributed by atoms with van der Waals surface area (Å²) >= 11 is 1.18. The molecular weight excluding hydrogens is 314 g/mol. The summed E-state index contributed by atoms with van der Waals surface area (Å²) in [6.07, 6.45) is 1.62. The molecule has 2 aromatic rings. The van der Waals surface area contributed by atoms with Crippen LogP contribution in [-0.2, 0) is 4.79 Å². The van der Waals surface area contributed by atoms with E-state index in [4.69, 9.17) is 0 Å². The minimum atomic E-state index is -0.950. The van der Waals surface area contributed by atoms with E-state index >= 15 is 0 Å². The Hall–Kier alpha value is -2.54. The average Bonchev–Trinajstić information content (AvgIpc) is 2.89. The van der Waals surface area contributed by atoms with E-state index in [0.29, 0.717) is 10.7 Å². The number of carbonyl (C=O) groups is 2. The molecule has 1 aromatic heterocycles. The van der Waals surface area contributed by atoms with Crippen LogP contribution in [0.5, 0.6) is 0 Å². The summed E-state index contributed by atoms with van der Waals surface area (Å²) in [7, 11) is 0. The van der Waals surface area contributed by atoms with Gasteiger partial charge < -0.3 is 10.4 Å². The van der Waals surface area contributed by atoms with Gasteiger partial charge >= 0.3 is 12.0 Å². The van der Waals surface area contributed by atoms with Gasteiger partial charge in [0.25, 0.3) is 0 Å². The monoisotopic (exact) mass is 327 g/mol. The van der Waals surface area contributed by atoms with Crippen LogP contribution in [0.25, 0.3) is 0 Å². The van der Waals surface area contributed by atoms with E-state index in [9.17, 15) is 14.7 Å². The van der Waals surface area contributed by atoms with Crippen molar-refractivity contribution in [3.8, 4) is 0 Å². The zero-order valence-electron chi connectivity index (χ0n) is 12.2. The first kappa shape index (κ1) is 14.1. The molecule has 2 aliphatic rings. The van der Waals surface area contributed by atoms with Gasteiger partial charge in [0.1, 0.15) is 10.3 Å². The Labute approximate surface area is 136 Å². The quantitative estimate of drug-likeness (QED) is 0.886. The lowest BCUT2D eigenvalue weighted by atomic mass is 10.00.